The largest absolute Gasteiger partial charge is 0.294 e. The summed E-state index contributed by atoms with van der Waals surface area (Å²) < 4.78 is 2.34. The van der Waals surface area contributed by atoms with E-state index >= 15 is 0 Å². The molecule has 0 amide bonds. The van der Waals surface area contributed by atoms with Crippen LogP contribution in [0.1, 0.15) is 22.6 Å². The van der Waals surface area contributed by atoms with Crippen LogP contribution < -0.4 is 0 Å². The molecule has 9 aromatic rings. The molecule has 1 atom stereocenters. The van der Waals surface area contributed by atoms with E-state index in [2.05, 4.69) is 150 Å². The van der Waals surface area contributed by atoms with E-state index < -0.39 is 0 Å². The molecular formula is C45H29N3. The zero-order valence-corrected chi connectivity index (χ0v) is 26.1. The minimum atomic E-state index is 0.114. The maximum Gasteiger partial charge on any atom is 0.162 e. The first-order chi connectivity index (χ1) is 23.8. The third-order valence-electron chi connectivity index (χ3n) is 9.88. The van der Waals surface area contributed by atoms with Crippen molar-refractivity contribution in [1.82, 2.24) is 14.5 Å². The Bertz CT molecular complexity index is 2600. The second kappa shape index (κ2) is 10.6. The molecule has 7 aromatic carbocycles. The summed E-state index contributed by atoms with van der Waals surface area (Å²) in [7, 11) is 0. The number of benzene rings is 7. The third kappa shape index (κ3) is 4.08. The highest BCUT2D eigenvalue weighted by Gasteiger charge is 2.33. The maximum atomic E-state index is 5.27. The lowest BCUT2D eigenvalue weighted by atomic mass is 9.86. The van der Waals surface area contributed by atoms with Crippen LogP contribution >= 0.6 is 0 Å². The second-order valence-corrected chi connectivity index (χ2v) is 12.6. The SMILES string of the molecule is c1ccc(-c2cc(-n3c4ccccc4c4cc5c(cc43)C(c3ccccc3)c3c-5ccc4ccccc34)nc(-c3ccccc3)n2)cc1. The quantitative estimate of drug-likeness (QED) is 0.198. The summed E-state index contributed by atoms with van der Waals surface area (Å²) in [5.41, 5.74) is 11.8. The van der Waals surface area contributed by atoms with Crippen LogP contribution in [0.5, 0.6) is 0 Å². The summed E-state index contributed by atoms with van der Waals surface area (Å²) in [5, 5.41) is 5.01. The molecule has 0 saturated carbocycles. The number of hydrogen-bond donors (Lipinski definition) is 0. The van der Waals surface area contributed by atoms with Gasteiger partial charge in [0, 0.05) is 33.9 Å². The van der Waals surface area contributed by atoms with Gasteiger partial charge in [0.2, 0.25) is 0 Å². The zero-order chi connectivity index (χ0) is 31.6. The molecule has 0 radical (unpaired) electrons. The van der Waals surface area contributed by atoms with Gasteiger partial charge in [-0.1, -0.05) is 146 Å². The maximum absolute atomic E-state index is 5.27. The third-order valence-corrected chi connectivity index (χ3v) is 9.88. The van der Waals surface area contributed by atoms with Crippen LogP contribution in [0.3, 0.4) is 0 Å². The van der Waals surface area contributed by atoms with Crippen molar-refractivity contribution in [1.29, 1.82) is 0 Å². The van der Waals surface area contributed by atoms with Crippen molar-refractivity contribution < 1.29 is 0 Å². The fourth-order valence-corrected chi connectivity index (χ4v) is 7.76. The monoisotopic (exact) mass is 611 g/mol. The van der Waals surface area contributed by atoms with E-state index in [0.29, 0.717) is 5.82 Å². The molecule has 0 aliphatic heterocycles. The van der Waals surface area contributed by atoms with Crippen molar-refractivity contribution >= 4 is 32.6 Å². The Labute approximate surface area is 278 Å². The van der Waals surface area contributed by atoms with Crippen LogP contribution in [-0.2, 0) is 0 Å². The van der Waals surface area contributed by atoms with Gasteiger partial charge in [-0.3, -0.25) is 4.57 Å². The van der Waals surface area contributed by atoms with Gasteiger partial charge in [0.05, 0.1) is 16.7 Å². The molecule has 1 aliphatic carbocycles. The van der Waals surface area contributed by atoms with Crippen molar-refractivity contribution in [2.24, 2.45) is 0 Å². The number of nitrogens with zero attached hydrogens (tertiary/aromatic N) is 3. The highest BCUT2D eigenvalue weighted by Crippen LogP contribution is 2.52. The molecular weight excluding hydrogens is 583 g/mol. The molecule has 1 aliphatic rings. The highest BCUT2D eigenvalue weighted by atomic mass is 15.1. The topological polar surface area (TPSA) is 30.7 Å². The van der Waals surface area contributed by atoms with Gasteiger partial charge < -0.3 is 0 Å². The summed E-state index contributed by atoms with van der Waals surface area (Å²) in [4.78, 5) is 10.4. The first-order valence-electron chi connectivity index (χ1n) is 16.5. The fourth-order valence-electron chi connectivity index (χ4n) is 7.76. The Balaban J connectivity index is 1.29. The lowest BCUT2D eigenvalue weighted by molar-refractivity contribution is 1.02. The van der Waals surface area contributed by atoms with Gasteiger partial charge in [-0.2, -0.15) is 0 Å². The summed E-state index contributed by atoms with van der Waals surface area (Å²) >= 11 is 0. The average molecular weight is 612 g/mol. The Morgan fingerprint density at radius 3 is 1.92 bits per heavy atom. The molecule has 1 unspecified atom stereocenters. The molecule has 0 saturated heterocycles. The van der Waals surface area contributed by atoms with Gasteiger partial charge >= 0.3 is 0 Å². The summed E-state index contributed by atoms with van der Waals surface area (Å²) in [6.07, 6.45) is 0. The van der Waals surface area contributed by atoms with Crippen molar-refractivity contribution in [2.75, 3.05) is 0 Å². The smallest absolute Gasteiger partial charge is 0.162 e. The van der Waals surface area contributed by atoms with Gasteiger partial charge in [0.1, 0.15) is 5.82 Å². The van der Waals surface area contributed by atoms with E-state index in [1.54, 1.807) is 0 Å². The van der Waals surface area contributed by atoms with E-state index in [-0.39, 0.29) is 5.92 Å². The van der Waals surface area contributed by atoms with Crippen LogP contribution in [0.25, 0.3) is 72.2 Å². The molecule has 10 rings (SSSR count). The van der Waals surface area contributed by atoms with E-state index in [1.807, 2.05) is 24.3 Å². The number of rotatable bonds is 4. The summed E-state index contributed by atoms with van der Waals surface area (Å²) in [6.45, 7) is 0. The van der Waals surface area contributed by atoms with Crippen molar-refractivity contribution in [3.05, 3.63) is 187 Å². The first-order valence-corrected chi connectivity index (χ1v) is 16.5. The van der Waals surface area contributed by atoms with Crippen molar-refractivity contribution in [2.45, 2.75) is 5.92 Å². The Morgan fingerprint density at radius 2 is 1.12 bits per heavy atom. The van der Waals surface area contributed by atoms with Gasteiger partial charge in [0.15, 0.2) is 5.82 Å². The van der Waals surface area contributed by atoms with E-state index in [0.717, 1.165) is 33.7 Å². The second-order valence-electron chi connectivity index (χ2n) is 12.6. The lowest BCUT2D eigenvalue weighted by Crippen LogP contribution is -2.03. The van der Waals surface area contributed by atoms with E-state index in [4.69, 9.17) is 9.97 Å². The molecule has 224 valence electrons. The molecule has 2 heterocycles. The van der Waals surface area contributed by atoms with Crippen molar-refractivity contribution in [3.8, 4) is 39.6 Å². The minimum Gasteiger partial charge on any atom is -0.294 e. The molecule has 3 heteroatoms. The van der Waals surface area contributed by atoms with Crippen LogP contribution in [0, 0.1) is 0 Å². The fraction of sp³-hybridized carbons (Fsp3) is 0.0222. The Hall–Kier alpha value is -6.32. The molecule has 48 heavy (non-hydrogen) atoms. The summed E-state index contributed by atoms with van der Waals surface area (Å²) in [6, 6.07) is 60.8. The predicted octanol–water partition coefficient (Wildman–Crippen LogP) is 11.2. The number of hydrogen-bond acceptors (Lipinski definition) is 2. The van der Waals surface area contributed by atoms with Gasteiger partial charge in [0.25, 0.3) is 0 Å². The summed E-state index contributed by atoms with van der Waals surface area (Å²) in [5.74, 6) is 1.68. The number of fused-ring (bicyclic) bond motifs is 8. The first kappa shape index (κ1) is 26.9. The molecule has 0 spiro atoms. The number of para-hydroxylation sites is 1. The molecule has 3 nitrogen and oxygen atoms in total. The van der Waals surface area contributed by atoms with Crippen LogP contribution in [0.2, 0.25) is 0 Å². The molecule has 2 aromatic heterocycles. The van der Waals surface area contributed by atoms with Gasteiger partial charge in [-0.05, 0) is 56.8 Å². The molecule has 0 N–H and O–H groups in total. The van der Waals surface area contributed by atoms with Crippen LogP contribution in [-0.4, -0.2) is 14.5 Å². The van der Waals surface area contributed by atoms with Crippen LogP contribution in [0.4, 0.5) is 0 Å². The Morgan fingerprint density at radius 1 is 0.458 bits per heavy atom. The molecule has 0 bridgehead atoms. The van der Waals surface area contributed by atoms with Gasteiger partial charge in [-0.15, -0.1) is 0 Å². The van der Waals surface area contributed by atoms with Crippen LogP contribution in [0.15, 0.2) is 170 Å². The highest BCUT2D eigenvalue weighted by molar-refractivity contribution is 6.12. The average Bonchev–Trinajstić information content (AvgIpc) is 3.67. The minimum absolute atomic E-state index is 0.114. The lowest BCUT2D eigenvalue weighted by Gasteiger charge is -2.17. The van der Waals surface area contributed by atoms with E-state index in [1.165, 1.54) is 49.4 Å². The molecule has 0 fully saturated rings. The zero-order valence-electron chi connectivity index (χ0n) is 26.1. The Kier molecular flexibility index (Phi) is 5.94. The predicted molar refractivity (Wildman–Crippen MR) is 198 cm³/mol. The van der Waals surface area contributed by atoms with E-state index in [9.17, 15) is 0 Å². The number of aromatic nitrogens is 3. The standard InChI is InChI=1S/C45H29N3/c1-4-15-30(16-5-1)39-28-42(47-45(46-39)32-19-8-3-9-20-32)48-40-23-13-12-22-34(40)37-26-36-35-25-24-29-14-10-11-21-33(29)44(35)43(38(36)27-41(37)48)31-17-6-2-7-18-31/h1-28,43H. The van der Waals surface area contributed by atoms with Crippen molar-refractivity contribution in [3.63, 3.8) is 0 Å². The van der Waals surface area contributed by atoms with Gasteiger partial charge in [-0.25, -0.2) is 9.97 Å². The normalized spacial score (nSPS) is 13.6.